The molecule has 0 radical (unpaired) electrons. The van der Waals surface area contributed by atoms with Crippen molar-refractivity contribution in [2.75, 3.05) is 23.7 Å². The van der Waals surface area contributed by atoms with E-state index in [0.29, 0.717) is 0 Å². The number of aryl methyl sites for hydroxylation is 1. The molecule has 0 saturated heterocycles. The zero-order chi connectivity index (χ0) is 12.8. The average Bonchev–Trinajstić information content (AvgIpc) is 2.76. The Morgan fingerprint density at radius 3 is 2.67 bits per heavy atom. The van der Waals surface area contributed by atoms with Gasteiger partial charge in [-0.15, -0.1) is 10.2 Å². The van der Waals surface area contributed by atoms with Crippen LogP contribution in [0.15, 0.2) is 24.5 Å². The molecule has 2 rings (SSSR count). The fraction of sp³-hybridized carbons (Fsp3) is 0.417. The number of anilines is 2. The van der Waals surface area contributed by atoms with Crippen molar-refractivity contribution >= 4 is 11.6 Å². The number of pyridine rings is 1. The number of nitrogens with zero attached hydrogens (tertiary/aromatic N) is 4. The van der Waals surface area contributed by atoms with Crippen molar-refractivity contribution in [1.29, 1.82) is 0 Å². The predicted octanol–water partition coefficient (Wildman–Crippen LogP) is 1.30. The van der Waals surface area contributed by atoms with Crippen molar-refractivity contribution in [2.45, 2.75) is 13.3 Å². The van der Waals surface area contributed by atoms with Crippen molar-refractivity contribution in [3.8, 4) is 0 Å². The summed E-state index contributed by atoms with van der Waals surface area (Å²) >= 11 is 0. The Kier molecular flexibility index (Phi) is 4.11. The van der Waals surface area contributed by atoms with Gasteiger partial charge in [-0.3, -0.25) is 0 Å². The van der Waals surface area contributed by atoms with Crippen LogP contribution in [0.1, 0.15) is 12.7 Å². The summed E-state index contributed by atoms with van der Waals surface area (Å²) in [5.74, 6) is 2.72. The SMILES string of the molecule is CCNc1cccc(NCCc2nncn2C)n1. The topological polar surface area (TPSA) is 67.7 Å². The molecule has 0 aliphatic heterocycles. The van der Waals surface area contributed by atoms with Gasteiger partial charge in [0.05, 0.1) is 0 Å². The van der Waals surface area contributed by atoms with Crippen LogP contribution in [-0.4, -0.2) is 32.8 Å². The van der Waals surface area contributed by atoms with Crippen LogP contribution in [0, 0.1) is 0 Å². The fourth-order valence-corrected chi connectivity index (χ4v) is 1.65. The van der Waals surface area contributed by atoms with Crippen LogP contribution in [0.25, 0.3) is 0 Å². The van der Waals surface area contributed by atoms with Gasteiger partial charge in [0.1, 0.15) is 23.8 Å². The van der Waals surface area contributed by atoms with Gasteiger partial charge in [-0.2, -0.15) is 0 Å². The fourth-order valence-electron chi connectivity index (χ4n) is 1.65. The largest absolute Gasteiger partial charge is 0.370 e. The van der Waals surface area contributed by atoms with E-state index in [0.717, 1.165) is 37.0 Å². The first-order valence-corrected chi connectivity index (χ1v) is 6.07. The van der Waals surface area contributed by atoms with Crippen LogP contribution in [-0.2, 0) is 13.5 Å². The zero-order valence-corrected chi connectivity index (χ0v) is 10.7. The summed E-state index contributed by atoms with van der Waals surface area (Å²) in [6.45, 7) is 3.71. The highest BCUT2D eigenvalue weighted by Gasteiger charge is 2.01. The van der Waals surface area contributed by atoms with E-state index in [-0.39, 0.29) is 0 Å². The van der Waals surface area contributed by atoms with Gasteiger partial charge < -0.3 is 15.2 Å². The molecule has 96 valence electrons. The van der Waals surface area contributed by atoms with Gasteiger partial charge in [-0.05, 0) is 19.1 Å². The highest BCUT2D eigenvalue weighted by Crippen LogP contribution is 2.08. The molecule has 2 heterocycles. The van der Waals surface area contributed by atoms with Gasteiger partial charge in [0, 0.05) is 26.6 Å². The minimum Gasteiger partial charge on any atom is -0.370 e. The third-order valence-corrected chi connectivity index (χ3v) is 2.57. The monoisotopic (exact) mass is 246 g/mol. The molecule has 0 aliphatic rings. The first kappa shape index (κ1) is 12.3. The van der Waals surface area contributed by atoms with Crippen molar-refractivity contribution in [1.82, 2.24) is 19.7 Å². The van der Waals surface area contributed by atoms with E-state index in [1.807, 2.05) is 29.8 Å². The normalized spacial score (nSPS) is 10.3. The molecule has 2 aromatic rings. The van der Waals surface area contributed by atoms with Crippen LogP contribution in [0.5, 0.6) is 0 Å². The van der Waals surface area contributed by atoms with Crippen molar-refractivity contribution in [3.63, 3.8) is 0 Å². The van der Waals surface area contributed by atoms with Gasteiger partial charge >= 0.3 is 0 Å². The van der Waals surface area contributed by atoms with E-state index in [1.165, 1.54) is 0 Å². The summed E-state index contributed by atoms with van der Waals surface area (Å²) in [4.78, 5) is 4.44. The van der Waals surface area contributed by atoms with Crippen LogP contribution >= 0.6 is 0 Å². The van der Waals surface area contributed by atoms with Gasteiger partial charge in [0.2, 0.25) is 0 Å². The van der Waals surface area contributed by atoms with E-state index < -0.39 is 0 Å². The Bertz CT molecular complexity index is 493. The van der Waals surface area contributed by atoms with Crippen LogP contribution in [0.3, 0.4) is 0 Å². The number of aromatic nitrogens is 4. The Balaban J connectivity index is 1.86. The third-order valence-electron chi connectivity index (χ3n) is 2.57. The second kappa shape index (κ2) is 6.00. The highest BCUT2D eigenvalue weighted by atomic mass is 15.2. The maximum Gasteiger partial charge on any atom is 0.134 e. The van der Waals surface area contributed by atoms with Gasteiger partial charge in [-0.25, -0.2) is 4.98 Å². The van der Waals surface area contributed by atoms with Crippen LogP contribution in [0.2, 0.25) is 0 Å². The summed E-state index contributed by atoms with van der Waals surface area (Å²) in [5, 5.41) is 14.3. The molecule has 0 amide bonds. The Morgan fingerprint density at radius 1 is 1.22 bits per heavy atom. The Labute approximate surface area is 106 Å². The zero-order valence-electron chi connectivity index (χ0n) is 10.7. The summed E-state index contributed by atoms with van der Waals surface area (Å²) < 4.78 is 1.92. The minimum absolute atomic E-state index is 0.787. The van der Waals surface area contributed by atoms with Crippen LogP contribution in [0.4, 0.5) is 11.6 Å². The van der Waals surface area contributed by atoms with Gasteiger partial charge in [0.25, 0.3) is 0 Å². The smallest absolute Gasteiger partial charge is 0.134 e. The maximum absolute atomic E-state index is 4.44. The van der Waals surface area contributed by atoms with E-state index >= 15 is 0 Å². The lowest BCUT2D eigenvalue weighted by molar-refractivity contribution is 0.787. The standard InChI is InChI=1S/C12H18N6/c1-3-13-10-5-4-6-11(16-10)14-8-7-12-17-15-9-18(12)2/h4-6,9H,3,7-8H2,1-2H3,(H2,13,14,16). The third kappa shape index (κ3) is 3.19. The maximum atomic E-state index is 4.44. The predicted molar refractivity (Wildman–Crippen MR) is 71.6 cm³/mol. The van der Waals surface area contributed by atoms with E-state index in [9.17, 15) is 0 Å². The summed E-state index contributed by atoms with van der Waals surface area (Å²) in [6.07, 6.45) is 2.53. The molecular formula is C12H18N6. The van der Waals surface area contributed by atoms with Crippen molar-refractivity contribution in [3.05, 3.63) is 30.4 Å². The molecule has 2 N–H and O–H groups in total. The molecule has 0 aliphatic carbocycles. The molecule has 0 fully saturated rings. The first-order valence-electron chi connectivity index (χ1n) is 6.07. The second-order valence-corrected chi connectivity index (χ2v) is 3.97. The summed E-state index contributed by atoms with van der Waals surface area (Å²) in [7, 11) is 1.94. The average molecular weight is 246 g/mol. The van der Waals surface area contributed by atoms with E-state index in [2.05, 4.69) is 32.7 Å². The number of rotatable bonds is 6. The Hall–Kier alpha value is -2.11. The number of hydrogen-bond acceptors (Lipinski definition) is 5. The molecule has 0 saturated carbocycles. The molecule has 6 heteroatoms. The molecule has 0 bridgehead atoms. The van der Waals surface area contributed by atoms with Gasteiger partial charge in [-0.1, -0.05) is 6.07 Å². The number of nitrogens with one attached hydrogen (secondary N) is 2. The molecule has 0 aromatic carbocycles. The summed E-state index contributed by atoms with van der Waals surface area (Å²) in [6, 6.07) is 5.89. The molecule has 0 atom stereocenters. The molecule has 18 heavy (non-hydrogen) atoms. The quantitative estimate of drug-likeness (QED) is 0.804. The molecule has 0 spiro atoms. The first-order chi connectivity index (χ1) is 8.79. The van der Waals surface area contributed by atoms with Crippen molar-refractivity contribution < 1.29 is 0 Å². The van der Waals surface area contributed by atoms with Gasteiger partial charge in [0.15, 0.2) is 0 Å². The highest BCUT2D eigenvalue weighted by molar-refractivity contribution is 5.44. The lowest BCUT2D eigenvalue weighted by Gasteiger charge is -2.07. The summed E-state index contributed by atoms with van der Waals surface area (Å²) in [5.41, 5.74) is 0. The van der Waals surface area contributed by atoms with Crippen molar-refractivity contribution in [2.24, 2.45) is 7.05 Å². The number of hydrogen-bond donors (Lipinski definition) is 2. The lowest BCUT2D eigenvalue weighted by atomic mass is 10.3. The van der Waals surface area contributed by atoms with E-state index in [1.54, 1.807) is 6.33 Å². The Morgan fingerprint density at radius 2 is 2.00 bits per heavy atom. The molecule has 2 aromatic heterocycles. The molecule has 6 nitrogen and oxygen atoms in total. The minimum atomic E-state index is 0.787. The second-order valence-electron chi connectivity index (χ2n) is 3.97. The van der Waals surface area contributed by atoms with Crippen LogP contribution < -0.4 is 10.6 Å². The van der Waals surface area contributed by atoms with E-state index in [4.69, 9.17) is 0 Å². The molecular weight excluding hydrogens is 228 g/mol. The lowest BCUT2D eigenvalue weighted by Crippen LogP contribution is -2.10. The molecule has 0 unspecified atom stereocenters.